The zero-order chi connectivity index (χ0) is 12.0. The third-order valence-electron chi connectivity index (χ3n) is 1.90. The Morgan fingerprint density at radius 3 is 2.94 bits per heavy atom. The summed E-state index contributed by atoms with van der Waals surface area (Å²) in [5.74, 6) is 0.559. The van der Waals surface area contributed by atoms with Crippen molar-refractivity contribution in [3.63, 3.8) is 0 Å². The van der Waals surface area contributed by atoms with E-state index in [1.807, 2.05) is 13.0 Å². The maximum atomic E-state index is 9.57. The van der Waals surface area contributed by atoms with Crippen molar-refractivity contribution in [3.05, 3.63) is 23.2 Å². The highest BCUT2D eigenvalue weighted by atomic mass is 35.5. The van der Waals surface area contributed by atoms with Crippen molar-refractivity contribution in [2.45, 2.75) is 17.9 Å². The molecule has 0 aliphatic carbocycles. The number of ether oxygens (including phenoxy) is 1. The summed E-state index contributed by atoms with van der Waals surface area (Å²) in [6.07, 6.45) is -0.474. The van der Waals surface area contributed by atoms with E-state index in [0.29, 0.717) is 29.7 Å². The number of anilines is 1. The Morgan fingerprint density at radius 1 is 1.56 bits per heavy atom. The van der Waals surface area contributed by atoms with Crippen LogP contribution in [0.2, 0.25) is 5.02 Å². The molecule has 3 nitrogen and oxygen atoms in total. The average molecular weight is 262 g/mol. The van der Waals surface area contributed by atoms with E-state index in [0.717, 1.165) is 4.90 Å². The summed E-state index contributed by atoms with van der Waals surface area (Å²) in [5.41, 5.74) is 6.23. The first-order chi connectivity index (χ1) is 7.63. The molecule has 0 saturated heterocycles. The Balaban J connectivity index is 2.42. The first kappa shape index (κ1) is 13.6. The fraction of sp³-hybridized carbons (Fsp3) is 0.455. The first-order valence-corrected chi connectivity index (χ1v) is 6.43. The molecule has 5 heteroatoms. The molecule has 1 rings (SSSR count). The molecule has 0 bridgehead atoms. The summed E-state index contributed by atoms with van der Waals surface area (Å²) in [6, 6.07) is 5.36. The van der Waals surface area contributed by atoms with Gasteiger partial charge in [0.15, 0.2) is 0 Å². The lowest BCUT2D eigenvalue weighted by molar-refractivity contribution is 0.0551. The van der Waals surface area contributed by atoms with Gasteiger partial charge in [0.1, 0.15) is 0 Å². The van der Waals surface area contributed by atoms with E-state index in [4.69, 9.17) is 22.1 Å². The van der Waals surface area contributed by atoms with Crippen LogP contribution in [0.4, 0.5) is 5.69 Å². The molecule has 3 N–H and O–H groups in total. The van der Waals surface area contributed by atoms with Crippen molar-refractivity contribution in [1.82, 2.24) is 0 Å². The number of benzene rings is 1. The van der Waals surface area contributed by atoms with Crippen LogP contribution in [0, 0.1) is 0 Å². The molecule has 0 aliphatic rings. The second-order valence-corrected chi connectivity index (χ2v) is 4.78. The summed E-state index contributed by atoms with van der Waals surface area (Å²) in [4.78, 5) is 0.923. The predicted molar refractivity (Wildman–Crippen MR) is 69.1 cm³/mol. The number of hydrogen-bond acceptors (Lipinski definition) is 4. The number of aliphatic hydroxyl groups excluding tert-OH is 1. The minimum Gasteiger partial charge on any atom is -0.399 e. The van der Waals surface area contributed by atoms with Crippen LogP contribution in [0.15, 0.2) is 23.1 Å². The van der Waals surface area contributed by atoms with Crippen LogP contribution in [0.25, 0.3) is 0 Å². The molecule has 0 radical (unpaired) electrons. The van der Waals surface area contributed by atoms with Gasteiger partial charge in [0.25, 0.3) is 0 Å². The largest absolute Gasteiger partial charge is 0.399 e. The summed E-state index contributed by atoms with van der Waals surface area (Å²) < 4.78 is 5.12. The SMILES string of the molecule is CCOCC(O)CSc1ccc(N)cc1Cl. The number of nitrogens with two attached hydrogens (primary N) is 1. The highest BCUT2D eigenvalue weighted by Crippen LogP contribution is 2.29. The van der Waals surface area contributed by atoms with Gasteiger partial charge in [-0.1, -0.05) is 11.6 Å². The molecule has 1 aromatic carbocycles. The summed E-state index contributed by atoms with van der Waals surface area (Å²) in [5, 5.41) is 10.2. The second-order valence-electron chi connectivity index (χ2n) is 3.31. The number of halogens is 1. The fourth-order valence-electron chi connectivity index (χ4n) is 1.12. The molecule has 1 unspecified atom stereocenters. The van der Waals surface area contributed by atoms with Crippen molar-refractivity contribution >= 4 is 29.1 Å². The quantitative estimate of drug-likeness (QED) is 0.610. The molecule has 0 amide bonds. The molecule has 0 aliphatic heterocycles. The zero-order valence-corrected chi connectivity index (χ0v) is 10.7. The molecular formula is C11H16ClNO2S. The van der Waals surface area contributed by atoms with Crippen molar-refractivity contribution in [2.75, 3.05) is 24.7 Å². The van der Waals surface area contributed by atoms with E-state index >= 15 is 0 Å². The van der Waals surface area contributed by atoms with Crippen molar-refractivity contribution in [2.24, 2.45) is 0 Å². The molecule has 1 aromatic rings. The number of hydrogen-bond donors (Lipinski definition) is 2. The van der Waals surface area contributed by atoms with E-state index in [1.165, 1.54) is 11.8 Å². The van der Waals surface area contributed by atoms with Crippen LogP contribution in [0.5, 0.6) is 0 Å². The molecule has 0 saturated carbocycles. The van der Waals surface area contributed by atoms with Crippen LogP contribution >= 0.6 is 23.4 Å². The second kappa shape index (κ2) is 7.01. The van der Waals surface area contributed by atoms with Gasteiger partial charge in [0.05, 0.1) is 17.7 Å². The third kappa shape index (κ3) is 4.61. The standard InChI is InChI=1S/C11H16ClNO2S/c1-2-15-6-9(14)7-16-11-4-3-8(13)5-10(11)12/h3-5,9,14H,2,6-7,13H2,1H3. The van der Waals surface area contributed by atoms with Crippen LogP contribution < -0.4 is 5.73 Å². The minimum atomic E-state index is -0.474. The lowest BCUT2D eigenvalue weighted by Gasteiger charge is -2.10. The predicted octanol–water partition coefficient (Wildman–Crippen LogP) is 2.41. The number of nitrogen functional groups attached to an aromatic ring is 1. The van der Waals surface area contributed by atoms with Crippen LogP contribution in [0.3, 0.4) is 0 Å². The molecule has 0 fully saturated rings. The first-order valence-electron chi connectivity index (χ1n) is 5.07. The Hall–Kier alpha value is -0.420. The molecule has 0 spiro atoms. The van der Waals surface area contributed by atoms with Gasteiger partial charge in [-0.2, -0.15) is 0 Å². The Morgan fingerprint density at radius 2 is 2.31 bits per heavy atom. The third-order valence-corrected chi connectivity index (χ3v) is 3.54. The molecule has 0 aromatic heterocycles. The van der Waals surface area contributed by atoms with Crippen molar-refractivity contribution < 1.29 is 9.84 Å². The van der Waals surface area contributed by atoms with Gasteiger partial charge in [0, 0.05) is 22.9 Å². The van der Waals surface area contributed by atoms with E-state index in [9.17, 15) is 5.11 Å². The highest BCUT2D eigenvalue weighted by Gasteiger charge is 2.07. The fourth-order valence-corrected chi connectivity index (χ4v) is 2.30. The van der Waals surface area contributed by atoms with Crippen LogP contribution in [-0.4, -0.2) is 30.2 Å². The zero-order valence-electron chi connectivity index (χ0n) is 9.15. The summed E-state index contributed by atoms with van der Waals surface area (Å²) in [7, 11) is 0. The van der Waals surface area contributed by atoms with Gasteiger partial charge in [-0.15, -0.1) is 11.8 Å². The number of aliphatic hydroxyl groups is 1. The highest BCUT2D eigenvalue weighted by molar-refractivity contribution is 7.99. The monoisotopic (exact) mass is 261 g/mol. The molecule has 16 heavy (non-hydrogen) atoms. The summed E-state index contributed by atoms with van der Waals surface area (Å²) in [6.45, 7) is 2.87. The summed E-state index contributed by atoms with van der Waals surface area (Å²) >= 11 is 7.50. The van der Waals surface area contributed by atoms with Gasteiger partial charge in [0.2, 0.25) is 0 Å². The Bertz CT molecular complexity index is 336. The number of rotatable bonds is 6. The van der Waals surface area contributed by atoms with Gasteiger partial charge >= 0.3 is 0 Å². The Kier molecular flexibility index (Phi) is 5.98. The molecule has 0 heterocycles. The molecular weight excluding hydrogens is 246 g/mol. The maximum absolute atomic E-state index is 9.57. The van der Waals surface area contributed by atoms with E-state index in [1.54, 1.807) is 12.1 Å². The van der Waals surface area contributed by atoms with Crippen molar-refractivity contribution in [3.8, 4) is 0 Å². The van der Waals surface area contributed by atoms with E-state index in [-0.39, 0.29) is 0 Å². The molecule has 1 atom stereocenters. The van der Waals surface area contributed by atoms with Crippen molar-refractivity contribution in [1.29, 1.82) is 0 Å². The maximum Gasteiger partial charge on any atom is 0.0867 e. The van der Waals surface area contributed by atoms with Crippen LogP contribution in [-0.2, 0) is 4.74 Å². The minimum absolute atomic E-state index is 0.357. The molecule has 90 valence electrons. The van der Waals surface area contributed by atoms with E-state index in [2.05, 4.69) is 0 Å². The van der Waals surface area contributed by atoms with Crippen LogP contribution in [0.1, 0.15) is 6.92 Å². The average Bonchev–Trinajstić information content (AvgIpc) is 2.25. The van der Waals surface area contributed by atoms with E-state index < -0.39 is 6.10 Å². The van der Waals surface area contributed by atoms with Gasteiger partial charge in [-0.05, 0) is 25.1 Å². The smallest absolute Gasteiger partial charge is 0.0867 e. The topological polar surface area (TPSA) is 55.5 Å². The Labute approximate surface area is 105 Å². The van der Waals surface area contributed by atoms with Gasteiger partial charge < -0.3 is 15.6 Å². The lowest BCUT2D eigenvalue weighted by Crippen LogP contribution is -2.17. The lowest BCUT2D eigenvalue weighted by atomic mass is 10.3. The number of thioether (sulfide) groups is 1. The van der Waals surface area contributed by atoms with Gasteiger partial charge in [-0.25, -0.2) is 0 Å². The normalized spacial score (nSPS) is 12.7. The van der Waals surface area contributed by atoms with Gasteiger partial charge in [-0.3, -0.25) is 0 Å².